The number of aryl methyl sites for hydroxylation is 2. The van der Waals surface area contributed by atoms with E-state index in [4.69, 9.17) is 0 Å². The Kier molecular flexibility index (Phi) is 7.43. The topological polar surface area (TPSA) is 37.8 Å². The molecule has 166 valence electrons. The summed E-state index contributed by atoms with van der Waals surface area (Å²) in [5.74, 6) is 0.499. The van der Waals surface area contributed by atoms with Crippen LogP contribution in [0.2, 0.25) is 0 Å². The molecule has 1 aliphatic heterocycles. The van der Waals surface area contributed by atoms with Gasteiger partial charge in [-0.25, -0.2) is 14.4 Å². The van der Waals surface area contributed by atoms with E-state index < -0.39 is 0 Å². The minimum atomic E-state index is -0.245. The number of benzene rings is 2. The Morgan fingerprint density at radius 3 is 2.72 bits per heavy atom. The molecule has 32 heavy (non-hydrogen) atoms. The zero-order chi connectivity index (χ0) is 22.3. The lowest BCUT2D eigenvalue weighted by molar-refractivity contribution is 0.350. The number of rotatable bonds is 8. The Hall–Kier alpha value is -2.85. The van der Waals surface area contributed by atoms with E-state index in [-0.39, 0.29) is 5.82 Å². The van der Waals surface area contributed by atoms with Crippen molar-refractivity contribution in [3.63, 3.8) is 0 Å². The van der Waals surface area contributed by atoms with Crippen LogP contribution in [-0.4, -0.2) is 23.1 Å². The van der Waals surface area contributed by atoms with E-state index in [1.54, 1.807) is 12.4 Å². The van der Waals surface area contributed by atoms with E-state index in [0.717, 1.165) is 54.4 Å². The number of aromatic nitrogens is 2. The molecule has 2 aromatic carbocycles. The second-order valence-electron chi connectivity index (χ2n) is 8.84. The predicted octanol–water partition coefficient (Wildman–Crippen LogP) is 5.90. The molecule has 0 saturated carbocycles. The maximum absolute atomic E-state index is 15.1. The molecule has 4 heteroatoms. The Labute approximate surface area is 190 Å². The van der Waals surface area contributed by atoms with Gasteiger partial charge in [0.25, 0.3) is 0 Å². The fourth-order valence-electron chi connectivity index (χ4n) is 4.71. The molecule has 3 aromatic rings. The third kappa shape index (κ3) is 5.49. The smallest absolute Gasteiger partial charge is 0.131 e. The van der Waals surface area contributed by atoms with Gasteiger partial charge in [-0.05, 0) is 87.2 Å². The van der Waals surface area contributed by atoms with Crippen LogP contribution in [0.15, 0.2) is 61.4 Å². The van der Waals surface area contributed by atoms with Crippen molar-refractivity contribution < 1.29 is 4.39 Å². The van der Waals surface area contributed by atoms with Gasteiger partial charge in [-0.3, -0.25) is 0 Å². The lowest BCUT2D eigenvalue weighted by atomic mass is 9.90. The number of hydrogen-bond acceptors (Lipinski definition) is 3. The summed E-state index contributed by atoms with van der Waals surface area (Å²) in [6.07, 6.45) is 8.00. The maximum Gasteiger partial charge on any atom is 0.131 e. The molecular formula is C28H32FN3. The largest absolute Gasteiger partial charge is 0.316 e. The zero-order valence-electron chi connectivity index (χ0n) is 18.9. The van der Waals surface area contributed by atoms with Crippen molar-refractivity contribution in [3.05, 3.63) is 101 Å². The Morgan fingerprint density at radius 1 is 1.12 bits per heavy atom. The Balaban J connectivity index is 1.49. The Bertz CT molecular complexity index is 1060. The third-order valence-electron chi connectivity index (χ3n) is 6.45. The molecule has 4 rings (SSSR count). The molecule has 1 atom stereocenters. The number of nitrogens with zero attached hydrogens (tertiary/aromatic N) is 2. The van der Waals surface area contributed by atoms with Crippen LogP contribution >= 0.6 is 0 Å². The lowest BCUT2D eigenvalue weighted by Gasteiger charge is -2.22. The summed E-state index contributed by atoms with van der Waals surface area (Å²) in [6, 6.07) is 15.6. The highest BCUT2D eigenvalue weighted by atomic mass is 19.1. The summed E-state index contributed by atoms with van der Waals surface area (Å²) in [6.45, 7) is 8.47. The van der Waals surface area contributed by atoms with E-state index in [9.17, 15) is 0 Å². The highest BCUT2D eigenvalue weighted by molar-refractivity contribution is 5.80. The van der Waals surface area contributed by atoms with Gasteiger partial charge in [0.15, 0.2) is 0 Å². The van der Waals surface area contributed by atoms with Crippen molar-refractivity contribution in [1.82, 2.24) is 15.3 Å². The van der Waals surface area contributed by atoms with Crippen molar-refractivity contribution in [2.24, 2.45) is 5.92 Å². The van der Waals surface area contributed by atoms with Crippen LogP contribution in [0.1, 0.15) is 59.3 Å². The van der Waals surface area contributed by atoms with Crippen molar-refractivity contribution >= 4 is 5.57 Å². The van der Waals surface area contributed by atoms with Gasteiger partial charge < -0.3 is 5.32 Å². The fraction of sp³-hybridized carbons (Fsp3) is 0.357. The van der Waals surface area contributed by atoms with Crippen LogP contribution in [0.25, 0.3) is 5.57 Å². The quantitative estimate of drug-likeness (QED) is 0.484. The van der Waals surface area contributed by atoms with E-state index >= 15 is 4.39 Å². The summed E-state index contributed by atoms with van der Waals surface area (Å²) < 4.78 is 15.1. The standard InChI is InChI=1S/C28H32FN3/c1-20(25-14-13-24(17-26(25)29)16-22-8-4-3-5-9-22)28-21(2)31-19-32-27(28)12-6-10-23-11-7-15-30-18-23/h3-5,8-9,13-14,17,19,23,30H,1,6-7,10-12,15-16,18H2,2H3. The van der Waals surface area contributed by atoms with Gasteiger partial charge in [0, 0.05) is 16.8 Å². The summed E-state index contributed by atoms with van der Waals surface area (Å²) in [7, 11) is 0. The van der Waals surface area contributed by atoms with Gasteiger partial charge in [0.05, 0.1) is 5.69 Å². The average Bonchev–Trinajstić information content (AvgIpc) is 2.80. The first-order valence-corrected chi connectivity index (χ1v) is 11.6. The summed E-state index contributed by atoms with van der Waals surface area (Å²) in [4.78, 5) is 8.94. The molecule has 3 nitrogen and oxygen atoms in total. The zero-order valence-corrected chi connectivity index (χ0v) is 18.9. The van der Waals surface area contributed by atoms with E-state index in [0.29, 0.717) is 17.6 Å². The molecule has 1 aromatic heterocycles. The first-order valence-electron chi connectivity index (χ1n) is 11.6. The molecule has 0 bridgehead atoms. The highest BCUT2D eigenvalue weighted by Crippen LogP contribution is 2.30. The second kappa shape index (κ2) is 10.6. The van der Waals surface area contributed by atoms with E-state index in [2.05, 4.69) is 34.0 Å². The summed E-state index contributed by atoms with van der Waals surface area (Å²) >= 11 is 0. The maximum atomic E-state index is 15.1. The summed E-state index contributed by atoms with van der Waals surface area (Å²) in [5, 5.41) is 3.49. The van der Waals surface area contributed by atoms with Gasteiger partial charge in [-0.1, -0.05) is 49.0 Å². The van der Waals surface area contributed by atoms with Crippen molar-refractivity contribution in [1.29, 1.82) is 0 Å². The van der Waals surface area contributed by atoms with E-state index in [1.807, 2.05) is 37.3 Å². The highest BCUT2D eigenvalue weighted by Gasteiger charge is 2.18. The molecule has 0 radical (unpaired) electrons. The summed E-state index contributed by atoms with van der Waals surface area (Å²) in [5.41, 5.74) is 6.03. The monoisotopic (exact) mass is 429 g/mol. The first-order chi connectivity index (χ1) is 15.6. The van der Waals surface area contributed by atoms with Gasteiger partial charge in [-0.15, -0.1) is 0 Å². The molecule has 1 saturated heterocycles. The van der Waals surface area contributed by atoms with Crippen LogP contribution in [0.4, 0.5) is 4.39 Å². The average molecular weight is 430 g/mol. The van der Waals surface area contributed by atoms with Crippen molar-refractivity contribution in [3.8, 4) is 0 Å². The molecule has 0 aliphatic carbocycles. The first kappa shape index (κ1) is 22.3. The number of halogens is 1. The fourth-order valence-corrected chi connectivity index (χ4v) is 4.71. The molecule has 1 aliphatic rings. The number of hydrogen-bond donors (Lipinski definition) is 1. The van der Waals surface area contributed by atoms with Gasteiger partial charge in [-0.2, -0.15) is 0 Å². The second-order valence-corrected chi connectivity index (χ2v) is 8.84. The normalized spacial score (nSPS) is 16.1. The van der Waals surface area contributed by atoms with Crippen LogP contribution in [0.5, 0.6) is 0 Å². The molecule has 2 heterocycles. The molecule has 0 amide bonds. The van der Waals surface area contributed by atoms with E-state index in [1.165, 1.54) is 24.8 Å². The van der Waals surface area contributed by atoms with Crippen LogP contribution in [-0.2, 0) is 12.8 Å². The molecule has 1 unspecified atom stereocenters. The predicted molar refractivity (Wildman–Crippen MR) is 129 cm³/mol. The SMILES string of the molecule is C=C(c1ccc(Cc2ccccc2)cc1F)c1c(C)ncnc1CCCC1CCCNC1. The third-order valence-corrected chi connectivity index (χ3v) is 6.45. The van der Waals surface area contributed by atoms with Crippen LogP contribution in [0.3, 0.4) is 0 Å². The van der Waals surface area contributed by atoms with Gasteiger partial charge in [0.1, 0.15) is 12.1 Å². The van der Waals surface area contributed by atoms with Crippen molar-refractivity contribution in [2.45, 2.75) is 45.4 Å². The number of piperidine rings is 1. The Morgan fingerprint density at radius 2 is 1.97 bits per heavy atom. The van der Waals surface area contributed by atoms with Crippen molar-refractivity contribution in [2.75, 3.05) is 13.1 Å². The molecule has 1 N–H and O–H groups in total. The molecule has 0 spiro atoms. The number of nitrogens with one attached hydrogen (secondary N) is 1. The minimum Gasteiger partial charge on any atom is -0.316 e. The van der Waals surface area contributed by atoms with Gasteiger partial charge in [0.2, 0.25) is 0 Å². The van der Waals surface area contributed by atoms with Crippen LogP contribution < -0.4 is 5.32 Å². The van der Waals surface area contributed by atoms with Gasteiger partial charge >= 0.3 is 0 Å². The minimum absolute atomic E-state index is 0.245. The van der Waals surface area contributed by atoms with Crippen LogP contribution in [0, 0.1) is 18.7 Å². The molecular weight excluding hydrogens is 397 g/mol. The molecule has 1 fully saturated rings. The lowest BCUT2D eigenvalue weighted by Crippen LogP contribution is -2.29.